The molecule has 3 rings (SSSR count). The molecule has 0 atom stereocenters. The van der Waals surface area contributed by atoms with Gasteiger partial charge in [0.2, 0.25) is 0 Å². The van der Waals surface area contributed by atoms with Crippen LogP contribution in [-0.4, -0.2) is 18.0 Å². The van der Waals surface area contributed by atoms with Crippen LogP contribution < -0.4 is 15.5 Å². The lowest BCUT2D eigenvalue weighted by Crippen LogP contribution is -2.32. The number of nitriles is 1. The molecule has 3 aromatic carbocycles. The molecule has 0 aliphatic rings. The number of nitrogens with zero attached hydrogens (tertiary/aromatic N) is 2. The van der Waals surface area contributed by atoms with Crippen molar-refractivity contribution in [3.63, 3.8) is 0 Å². The molecule has 0 fully saturated rings. The second-order valence-electron chi connectivity index (χ2n) is 6.74. The second-order valence-corrected chi connectivity index (χ2v) is 7.56. The first-order chi connectivity index (χ1) is 16.0. The fourth-order valence-corrected chi connectivity index (χ4v) is 3.18. The fourth-order valence-electron chi connectivity index (χ4n) is 2.68. The Bertz CT molecular complexity index is 1180. The molecule has 0 bridgehead atoms. The van der Waals surface area contributed by atoms with Crippen molar-refractivity contribution in [2.45, 2.75) is 13.0 Å². The van der Waals surface area contributed by atoms with Crippen LogP contribution in [0.1, 0.15) is 16.7 Å². The Morgan fingerprint density at radius 1 is 0.970 bits per heavy atom. The normalized spacial score (nSPS) is 10.5. The molecule has 0 aliphatic carbocycles. The van der Waals surface area contributed by atoms with E-state index in [1.165, 1.54) is 6.21 Å². The number of hydrazone groups is 1. The van der Waals surface area contributed by atoms with E-state index >= 15 is 0 Å². The number of hydrogen-bond donors (Lipinski definition) is 2. The van der Waals surface area contributed by atoms with E-state index in [2.05, 4.69) is 15.8 Å². The number of nitrogens with one attached hydrogen (secondary N) is 2. The van der Waals surface area contributed by atoms with E-state index in [4.69, 9.17) is 33.2 Å². The molecule has 0 saturated carbocycles. The smallest absolute Gasteiger partial charge is 0.329 e. The predicted octanol–water partition coefficient (Wildman–Crippen LogP) is 4.73. The average molecular weight is 481 g/mol. The second kappa shape index (κ2) is 11.7. The minimum absolute atomic E-state index is 0.220. The Balaban J connectivity index is 1.48. The maximum Gasteiger partial charge on any atom is 0.329 e. The van der Waals surface area contributed by atoms with Gasteiger partial charge in [-0.05, 0) is 59.7 Å². The summed E-state index contributed by atoms with van der Waals surface area (Å²) in [6.07, 6.45) is 1.67. The highest BCUT2D eigenvalue weighted by Gasteiger charge is 2.12. The molecule has 0 spiro atoms. The maximum atomic E-state index is 12.0. The van der Waals surface area contributed by atoms with Gasteiger partial charge in [0, 0.05) is 21.3 Å². The third-order valence-electron chi connectivity index (χ3n) is 4.41. The van der Waals surface area contributed by atoms with Gasteiger partial charge in [-0.2, -0.15) is 10.4 Å². The SMILES string of the molecule is N#CCc1ccc(NC(=O)C(=O)N/N=C/c2ccc(OCc3c(Cl)cccc3Cl)cc2)cc1. The minimum Gasteiger partial charge on any atom is -0.489 e. The number of ether oxygens (including phenoxy) is 1. The third kappa shape index (κ3) is 7.07. The van der Waals surface area contributed by atoms with Gasteiger partial charge in [0.05, 0.1) is 18.7 Å². The van der Waals surface area contributed by atoms with Crippen molar-refractivity contribution in [3.8, 4) is 11.8 Å². The Morgan fingerprint density at radius 3 is 2.27 bits per heavy atom. The summed E-state index contributed by atoms with van der Waals surface area (Å²) in [7, 11) is 0. The molecule has 0 heterocycles. The van der Waals surface area contributed by atoms with Crippen LogP contribution in [0.2, 0.25) is 10.0 Å². The number of rotatable bonds is 7. The Kier molecular flexibility index (Phi) is 8.42. The maximum absolute atomic E-state index is 12.0. The summed E-state index contributed by atoms with van der Waals surface area (Å²) < 4.78 is 5.71. The first-order valence-electron chi connectivity index (χ1n) is 9.72. The summed E-state index contributed by atoms with van der Waals surface area (Å²) in [5, 5.41) is 16.0. The van der Waals surface area contributed by atoms with Crippen LogP contribution in [0.15, 0.2) is 71.8 Å². The van der Waals surface area contributed by atoms with Crippen molar-refractivity contribution >= 4 is 46.9 Å². The molecule has 7 nitrogen and oxygen atoms in total. The van der Waals surface area contributed by atoms with E-state index in [1.807, 2.05) is 6.07 Å². The van der Waals surface area contributed by atoms with E-state index < -0.39 is 11.8 Å². The number of amides is 2. The molecule has 2 amide bonds. The number of carbonyl (C=O) groups excluding carboxylic acids is 2. The molecular formula is C24H18Cl2N4O3. The zero-order valence-corrected chi connectivity index (χ0v) is 18.7. The van der Waals surface area contributed by atoms with Crippen molar-refractivity contribution in [2.24, 2.45) is 5.10 Å². The number of anilines is 1. The quantitative estimate of drug-likeness (QED) is 0.289. The number of carbonyl (C=O) groups is 2. The van der Waals surface area contributed by atoms with Gasteiger partial charge in [-0.3, -0.25) is 9.59 Å². The van der Waals surface area contributed by atoms with Gasteiger partial charge < -0.3 is 10.1 Å². The number of hydrogen-bond acceptors (Lipinski definition) is 5. The van der Waals surface area contributed by atoms with Crippen LogP contribution >= 0.6 is 23.2 Å². The van der Waals surface area contributed by atoms with Crippen LogP contribution in [-0.2, 0) is 22.6 Å². The molecule has 33 heavy (non-hydrogen) atoms. The number of halogens is 2. The molecule has 0 unspecified atom stereocenters. The van der Waals surface area contributed by atoms with Gasteiger partial charge in [-0.1, -0.05) is 41.4 Å². The van der Waals surface area contributed by atoms with Crippen LogP contribution in [0.25, 0.3) is 0 Å². The van der Waals surface area contributed by atoms with Crippen molar-refractivity contribution in [3.05, 3.63) is 93.5 Å². The summed E-state index contributed by atoms with van der Waals surface area (Å²) >= 11 is 12.3. The van der Waals surface area contributed by atoms with Gasteiger partial charge in [-0.25, -0.2) is 5.43 Å². The van der Waals surface area contributed by atoms with Crippen LogP contribution in [0.5, 0.6) is 5.75 Å². The van der Waals surface area contributed by atoms with E-state index in [0.717, 1.165) is 5.56 Å². The molecule has 3 aromatic rings. The van der Waals surface area contributed by atoms with Gasteiger partial charge >= 0.3 is 11.8 Å². The lowest BCUT2D eigenvalue weighted by atomic mass is 10.1. The monoisotopic (exact) mass is 480 g/mol. The predicted molar refractivity (Wildman–Crippen MR) is 127 cm³/mol. The van der Waals surface area contributed by atoms with Gasteiger partial charge in [0.1, 0.15) is 12.4 Å². The van der Waals surface area contributed by atoms with Gasteiger partial charge in [-0.15, -0.1) is 0 Å². The highest BCUT2D eigenvalue weighted by Crippen LogP contribution is 2.25. The van der Waals surface area contributed by atoms with Gasteiger partial charge in [0.25, 0.3) is 0 Å². The van der Waals surface area contributed by atoms with Crippen LogP contribution in [0, 0.1) is 11.3 Å². The molecule has 0 aromatic heterocycles. The molecule has 0 aliphatic heterocycles. The summed E-state index contributed by atoms with van der Waals surface area (Å²) in [5.41, 5.74) is 4.81. The van der Waals surface area contributed by atoms with Crippen LogP contribution in [0.4, 0.5) is 5.69 Å². The van der Waals surface area contributed by atoms with Crippen LogP contribution in [0.3, 0.4) is 0 Å². The molecule has 166 valence electrons. The minimum atomic E-state index is -0.913. The molecular weight excluding hydrogens is 463 g/mol. The lowest BCUT2D eigenvalue weighted by Gasteiger charge is -2.09. The molecule has 0 radical (unpaired) electrons. The fraction of sp³-hybridized carbons (Fsp3) is 0.0833. The zero-order chi connectivity index (χ0) is 23.6. The van der Waals surface area contributed by atoms with Crippen molar-refractivity contribution < 1.29 is 14.3 Å². The Labute approximate surface area is 200 Å². The average Bonchev–Trinajstić information content (AvgIpc) is 2.81. The zero-order valence-electron chi connectivity index (χ0n) is 17.2. The summed E-state index contributed by atoms with van der Waals surface area (Å²) in [6.45, 7) is 0.220. The Morgan fingerprint density at radius 2 is 1.64 bits per heavy atom. The third-order valence-corrected chi connectivity index (χ3v) is 5.11. The Hall–Kier alpha value is -3.86. The number of benzene rings is 3. The summed E-state index contributed by atoms with van der Waals surface area (Å²) in [4.78, 5) is 23.9. The van der Waals surface area contributed by atoms with Gasteiger partial charge in [0.15, 0.2) is 0 Å². The van der Waals surface area contributed by atoms with E-state index in [9.17, 15) is 9.59 Å². The molecule has 0 saturated heterocycles. The largest absolute Gasteiger partial charge is 0.489 e. The van der Waals surface area contributed by atoms with Crippen molar-refractivity contribution in [1.82, 2.24) is 5.43 Å². The standard InChI is InChI=1S/C24H18Cl2N4O3/c25-21-2-1-3-22(26)20(21)15-33-19-10-6-17(7-11-19)14-28-30-24(32)23(31)29-18-8-4-16(5-9-18)12-13-27/h1-11,14H,12,15H2,(H,29,31)(H,30,32)/b28-14+. The highest BCUT2D eigenvalue weighted by molar-refractivity contribution is 6.39. The molecule has 9 heteroatoms. The van der Waals surface area contributed by atoms with Crippen molar-refractivity contribution in [2.75, 3.05) is 5.32 Å². The first kappa shape index (κ1) is 23.8. The van der Waals surface area contributed by atoms with Crippen molar-refractivity contribution in [1.29, 1.82) is 5.26 Å². The van der Waals surface area contributed by atoms with E-state index in [-0.39, 0.29) is 13.0 Å². The lowest BCUT2D eigenvalue weighted by molar-refractivity contribution is -0.136. The summed E-state index contributed by atoms with van der Waals surface area (Å²) in [5.74, 6) is -1.17. The first-order valence-corrected chi connectivity index (χ1v) is 10.5. The van der Waals surface area contributed by atoms with E-state index in [0.29, 0.717) is 32.6 Å². The topological polar surface area (TPSA) is 104 Å². The molecule has 2 N–H and O–H groups in total. The van der Waals surface area contributed by atoms with E-state index in [1.54, 1.807) is 66.7 Å². The summed E-state index contributed by atoms with van der Waals surface area (Å²) in [6, 6.07) is 20.9. The highest BCUT2D eigenvalue weighted by atomic mass is 35.5.